The van der Waals surface area contributed by atoms with E-state index >= 15 is 0 Å². The molecular formula is C12H18N4O. The number of hydrogen-bond acceptors (Lipinski definition) is 4. The summed E-state index contributed by atoms with van der Waals surface area (Å²) >= 11 is 0. The van der Waals surface area contributed by atoms with Crippen LogP contribution < -0.4 is 5.32 Å². The molecule has 1 N–H and O–H groups in total. The molecule has 5 nitrogen and oxygen atoms in total. The maximum absolute atomic E-state index is 11.5. The number of nitrogens with zero attached hydrogens (tertiary/aromatic N) is 3. The molecule has 1 amide bonds. The van der Waals surface area contributed by atoms with Crippen molar-refractivity contribution >= 4 is 11.7 Å². The SMILES string of the molecule is CCC(=O)N1CCC(Nc2cc(C)ncn2)C1. The quantitative estimate of drug-likeness (QED) is 0.854. The van der Waals surface area contributed by atoms with Crippen LogP contribution in [-0.4, -0.2) is 39.9 Å². The van der Waals surface area contributed by atoms with Gasteiger partial charge in [0, 0.05) is 37.3 Å². The van der Waals surface area contributed by atoms with Gasteiger partial charge < -0.3 is 10.2 Å². The van der Waals surface area contributed by atoms with Crippen LogP contribution in [0.25, 0.3) is 0 Å². The molecule has 17 heavy (non-hydrogen) atoms. The second kappa shape index (κ2) is 5.12. The van der Waals surface area contributed by atoms with Crippen LogP contribution in [0.1, 0.15) is 25.5 Å². The third-order valence-electron chi connectivity index (χ3n) is 3.00. The number of hydrogen-bond donors (Lipinski definition) is 1. The van der Waals surface area contributed by atoms with Gasteiger partial charge in [0.1, 0.15) is 12.1 Å². The number of nitrogens with one attached hydrogen (secondary N) is 1. The maximum Gasteiger partial charge on any atom is 0.222 e. The van der Waals surface area contributed by atoms with Gasteiger partial charge in [-0.1, -0.05) is 6.92 Å². The van der Waals surface area contributed by atoms with Gasteiger partial charge in [-0.3, -0.25) is 4.79 Å². The molecule has 2 rings (SSSR count). The molecule has 2 heterocycles. The van der Waals surface area contributed by atoms with E-state index in [1.54, 1.807) is 6.33 Å². The summed E-state index contributed by atoms with van der Waals surface area (Å²) in [6.45, 7) is 5.45. The van der Waals surface area contributed by atoms with Gasteiger partial charge in [0.25, 0.3) is 0 Å². The zero-order chi connectivity index (χ0) is 12.3. The molecule has 5 heteroatoms. The maximum atomic E-state index is 11.5. The van der Waals surface area contributed by atoms with Crippen LogP contribution >= 0.6 is 0 Å². The van der Waals surface area contributed by atoms with Gasteiger partial charge in [-0.25, -0.2) is 9.97 Å². The van der Waals surface area contributed by atoms with Crippen molar-refractivity contribution in [3.8, 4) is 0 Å². The molecule has 0 spiro atoms. The predicted octanol–water partition coefficient (Wildman–Crippen LogP) is 1.21. The molecule has 1 atom stereocenters. The lowest BCUT2D eigenvalue weighted by Crippen LogP contribution is -2.31. The third-order valence-corrected chi connectivity index (χ3v) is 3.00. The Morgan fingerprint density at radius 3 is 3.12 bits per heavy atom. The number of aryl methyl sites for hydroxylation is 1. The Hall–Kier alpha value is -1.65. The van der Waals surface area contributed by atoms with E-state index in [-0.39, 0.29) is 5.91 Å². The van der Waals surface area contributed by atoms with Crippen LogP contribution in [0.4, 0.5) is 5.82 Å². The molecule has 0 aromatic carbocycles. The first-order valence-corrected chi connectivity index (χ1v) is 6.02. The smallest absolute Gasteiger partial charge is 0.222 e. The van der Waals surface area contributed by atoms with E-state index in [2.05, 4.69) is 15.3 Å². The fourth-order valence-corrected chi connectivity index (χ4v) is 2.07. The average Bonchev–Trinajstić information content (AvgIpc) is 2.76. The first kappa shape index (κ1) is 11.8. The van der Waals surface area contributed by atoms with E-state index in [9.17, 15) is 4.79 Å². The van der Waals surface area contributed by atoms with Crippen molar-refractivity contribution in [1.82, 2.24) is 14.9 Å². The Morgan fingerprint density at radius 2 is 2.41 bits per heavy atom. The highest BCUT2D eigenvalue weighted by molar-refractivity contribution is 5.76. The van der Waals surface area contributed by atoms with Gasteiger partial charge in [-0.2, -0.15) is 0 Å². The Balaban J connectivity index is 1.92. The number of carbonyl (C=O) groups is 1. The van der Waals surface area contributed by atoms with Crippen LogP contribution in [0.15, 0.2) is 12.4 Å². The molecular weight excluding hydrogens is 216 g/mol. The van der Waals surface area contributed by atoms with Crippen molar-refractivity contribution in [3.63, 3.8) is 0 Å². The summed E-state index contributed by atoms with van der Waals surface area (Å²) in [4.78, 5) is 21.7. The van der Waals surface area contributed by atoms with Gasteiger partial charge in [-0.15, -0.1) is 0 Å². The second-order valence-electron chi connectivity index (χ2n) is 4.37. The first-order valence-electron chi connectivity index (χ1n) is 6.02. The Bertz CT molecular complexity index is 407. The fourth-order valence-electron chi connectivity index (χ4n) is 2.07. The summed E-state index contributed by atoms with van der Waals surface area (Å²) in [5, 5.41) is 3.35. The molecule has 1 aliphatic heterocycles. The van der Waals surface area contributed by atoms with Crippen LogP contribution in [0.2, 0.25) is 0 Å². The molecule has 1 unspecified atom stereocenters. The summed E-state index contributed by atoms with van der Waals surface area (Å²) in [5.74, 6) is 1.07. The van der Waals surface area contributed by atoms with Crippen molar-refractivity contribution in [2.45, 2.75) is 32.7 Å². The number of rotatable bonds is 3. The van der Waals surface area contributed by atoms with Crippen molar-refractivity contribution < 1.29 is 4.79 Å². The largest absolute Gasteiger partial charge is 0.365 e. The van der Waals surface area contributed by atoms with Gasteiger partial charge in [0.05, 0.1) is 0 Å². The number of anilines is 1. The lowest BCUT2D eigenvalue weighted by Gasteiger charge is -2.16. The highest BCUT2D eigenvalue weighted by Crippen LogP contribution is 2.15. The van der Waals surface area contributed by atoms with E-state index in [1.807, 2.05) is 24.8 Å². The third kappa shape index (κ3) is 2.93. The van der Waals surface area contributed by atoms with Gasteiger partial charge in [0.2, 0.25) is 5.91 Å². The minimum absolute atomic E-state index is 0.230. The number of aromatic nitrogens is 2. The van der Waals surface area contributed by atoms with Crippen molar-refractivity contribution in [2.75, 3.05) is 18.4 Å². The number of amides is 1. The van der Waals surface area contributed by atoms with E-state index in [0.717, 1.165) is 31.0 Å². The van der Waals surface area contributed by atoms with Crippen LogP contribution in [0.5, 0.6) is 0 Å². The van der Waals surface area contributed by atoms with Crippen molar-refractivity contribution in [1.29, 1.82) is 0 Å². The van der Waals surface area contributed by atoms with E-state index in [4.69, 9.17) is 0 Å². The molecule has 0 aliphatic carbocycles. The van der Waals surface area contributed by atoms with E-state index in [0.29, 0.717) is 12.5 Å². The Kier molecular flexibility index (Phi) is 3.56. The van der Waals surface area contributed by atoms with E-state index < -0.39 is 0 Å². The molecule has 0 radical (unpaired) electrons. The van der Waals surface area contributed by atoms with Crippen molar-refractivity contribution in [2.24, 2.45) is 0 Å². The minimum Gasteiger partial charge on any atom is -0.365 e. The molecule has 1 saturated heterocycles. The topological polar surface area (TPSA) is 58.1 Å². The summed E-state index contributed by atoms with van der Waals surface area (Å²) in [7, 11) is 0. The standard InChI is InChI=1S/C12H18N4O/c1-3-12(17)16-5-4-10(7-16)15-11-6-9(2)13-8-14-11/h6,8,10H,3-5,7H2,1-2H3,(H,13,14,15). The second-order valence-corrected chi connectivity index (χ2v) is 4.37. The molecule has 0 bridgehead atoms. The minimum atomic E-state index is 0.230. The predicted molar refractivity (Wildman–Crippen MR) is 65.7 cm³/mol. The van der Waals surface area contributed by atoms with Crippen LogP contribution in [-0.2, 0) is 4.79 Å². The lowest BCUT2D eigenvalue weighted by atomic mass is 10.2. The number of carbonyl (C=O) groups excluding carboxylic acids is 1. The lowest BCUT2D eigenvalue weighted by molar-refractivity contribution is -0.129. The number of likely N-dealkylation sites (tertiary alicyclic amines) is 1. The molecule has 0 saturated carbocycles. The normalized spacial score (nSPS) is 19.4. The summed E-state index contributed by atoms with van der Waals surface area (Å²) < 4.78 is 0. The average molecular weight is 234 g/mol. The van der Waals surface area contributed by atoms with Gasteiger partial charge in [0.15, 0.2) is 0 Å². The molecule has 1 fully saturated rings. The van der Waals surface area contributed by atoms with Crippen LogP contribution in [0, 0.1) is 6.92 Å². The monoisotopic (exact) mass is 234 g/mol. The first-order chi connectivity index (χ1) is 8.19. The van der Waals surface area contributed by atoms with Crippen LogP contribution in [0.3, 0.4) is 0 Å². The molecule has 1 aromatic rings. The Morgan fingerprint density at radius 1 is 1.59 bits per heavy atom. The fraction of sp³-hybridized carbons (Fsp3) is 0.583. The van der Waals surface area contributed by atoms with Gasteiger partial charge in [-0.05, 0) is 13.3 Å². The Labute approximate surface area is 101 Å². The highest BCUT2D eigenvalue weighted by Gasteiger charge is 2.25. The molecule has 1 aromatic heterocycles. The zero-order valence-corrected chi connectivity index (χ0v) is 10.3. The zero-order valence-electron chi connectivity index (χ0n) is 10.3. The summed E-state index contributed by atoms with van der Waals surface area (Å²) in [5.41, 5.74) is 0.946. The molecule has 92 valence electrons. The van der Waals surface area contributed by atoms with E-state index in [1.165, 1.54) is 0 Å². The molecule has 1 aliphatic rings. The summed E-state index contributed by atoms with van der Waals surface area (Å²) in [6, 6.07) is 2.23. The highest BCUT2D eigenvalue weighted by atomic mass is 16.2. The summed E-state index contributed by atoms with van der Waals surface area (Å²) in [6.07, 6.45) is 3.12. The van der Waals surface area contributed by atoms with Gasteiger partial charge >= 0.3 is 0 Å². The van der Waals surface area contributed by atoms with Crippen molar-refractivity contribution in [3.05, 3.63) is 18.1 Å².